The molecule has 1 aromatic carbocycles. The number of hydrogen-bond acceptors (Lipinski definition) is 5. The average molecular weight is 249 g/mol. The Hall–Kier alpha value is -1.59. The summed E-state index contributed by atoms with van der Waals surface area (Å²) in [5.41, 5.74) is 14.8. The van der Waals surface area contributed by atoms with Crippen molar-refractivity contribution in [3.8, 4) is 10.6 Å². The molecular formula is C12H15N3OS. The zero-order valence-electron chi connectivity index (χ0n) is 9.60. The molecule has 2 aromatic rings. The topological polar surface area (TPSA) is 85.2 Å². The quantitative estimate of drug-likeness (QED) is 0.724. The van der Waals surface area contributed by atoms with Crippen molar-refractivity contribution in [2.24, 2.45) is 0 Å². The number of benzene rings is 1. The van der Waals surface area contributed by atoms with Crippen molar-refractivity contribution < 1.29 is 5.11 Å². The molecule has 0 bridgehead atoms. The molecule has 0 radical (unpaired) electrons. The molecule has 0 fully saturated rings. The Morgan fingerprint density at radius 3 is 2.82 bits per heavy atom. The van der Waals surface area contributed by atoms with Crippen LogP contribution >= 0.6 is 11.3 Å². The fraction of sp³-hybridized carbons (Fsp3) is 0.250. The van der Waals surface area contributed by atoms with Gasteiger partial charge in [0.15, 0.2) is 0 Å². The van der Waals surface area contributed by atoms with Gasteiger partial charge in [-0.15, -0.1) is 11.3 Å². The van der Waals surface area contributed by atoms with E-state index >= 15 is 0 Å². The van der Waals surface area contributed by atoms with E-state index in [2.05, 4.69) is 4.98 Å². The van der Waals surface area contributed by atoms with E-state index in [-0.39, 0.29) is 6.61 Å². The lowest BCUT2D eigenvalue weighted by molar-refractivity contribution is 0.300. The fourth-order valence-corrected chi connectivity index (χ4v) is 2.73. The SMILES string of the molecule is Cc1nc(-c2cc(N)ccc2N)sc1CCO. The summed E-state index contributed by atoms with van der Waals surface area (Å²) in [5, 5.41) is 9.81. The van der Waals surface area contributed by atoms with Crippen LogP contribution in [0.1, 0.15) is 10.6 Å². The predicted molar refractivity (Wildman–Crippen MR) is 71.9 cm³/mol. The molecule has 90 valence electrons. The van der Waals surface area contributed by atoms with Crippen LogP contribution in [0.25, 0.3) is 10.6 Å². The lowest BCUT2D eigenvalue weighted by atomic mass is 10.1. The van der Waals surface area contributed by atoms with E-state index in [1.54, 1.807) is 23.5 Å². The smallest absolute Gasteiger partial charge is 0.126 e. The maximum atomic E-state index is 8.96. The lowest BCUT2D eigenvalue weighted by Crippen LogP contribution is -1.92. The Labute approximate surface area is 104 Å². The number of aliphatic hydroxyl groups excluding tert-OH is 1. The van der Waals surface area contributed by atoms with E-state index in [0.717, 1.165) is 21.1 Å². The Morgan fingerprint density at radius 1 is 1.35 bits per heavy atom. The van der Waals surface area contributed by atoms with Gasteiger partial charge in [0.2, 0.25) is 0 Å². The van der Waals surface area contributed by atoms with Gasteiger partial charge in [0.05, 0.1) is 5.69 Å². The molecule has 0 saturated carbocycles. The van der Waals surface area contributed by atoms with Crippen LogP contribution in [0.3, 0.4) is 0 Å². The zero-order chi connectivity index (χ0) is 12.4. The summed E-state index contributed by atoms with van der Waals surface area (Å²) < 4.78 is 0. The third-order valence-corrected chi connectivity index (χ3v) is 3.79. The maximum Gasteiger partial charge on any atom is 0.126 e. The highest BCUT2D eigenvalue weighted by molar-refractivity contribution is 7.15. The molecule has 5 heteroatoms. The normalized spacial score (nSPS) is 10.7. The number of nitrogens with zero attached hydrogens (tertiary/aromatic N) is 1. The first kappa shape index (κ1) is 11.9. The maximum absolute atomic E-state index is 8.96. The molecule has 4 nitrogen and oxygen atoms in total. The van der Waals surface area contributed by atoms with Crippen molar-refractivity contribution in [1.82, 2.24) is 4.98 Å². The van der Waals surface area contributed by atoms with Gasteiger partial charge >= 0.3 is 0 Å². The van der Waals surface area contributed by atoms with Crippen LogP contribution in [0.5, 0.6) is 0 Å². The first-order valence-electron chi connectivity index (χ1n) is 5.34. The predicted octanol–water partition coefficient (Wildman–Crippen LogP) is 1.82. The number of anilines is 2. The van der Waals surface area contributed by atoms with E-state index in [0.29, 0.717) is 17.8 Å². The van der Waals surface area contributed by atoms with Gasteiger partial charge in [0.1, 0.15) is 5.01 Å². The second-order valence-corrected chi connectivity index (χ2v) is 4.93. The Kier molecular flexibility index (Phi) is 3.31. The van der Waals surface area contributed by atoms with Crippen molar-refractivity contribution in [2.45, 2.75) is 13.3 Å². The molecule has 0 aliphatic heterocycles. The van der Waals surface area contributed by atoms with Crippen molar-refractivity contribution in [1.29, 1.82) is 0 Å². The van der Waals surface area contributed by atoms with E-state index in [1.165, 1.54) is 0 Å². The number of aryl methyl sites for hydroxylation is 1. The first-order valence-corrected chi connectivity index (χ1v) is 6.16. The average Bonchev–Trinajstić information content (AvgIpc) is 2.64. The van der Waals surface area contributed by atoms with Gasteiger partial charge in [-0.3, -0.25) is 0 Å². The highest BCUT2D eigenvalue weighted by atomic mass is 32.1. The molecule has 0 unspecified atom stereocenters. The van der Waals surface area contributed by atoms with E-state index in [4.69, 9.17) is 16.6 Å². The number of rotatable bonds is 3. The van der Waals surface area contributed by atoms with Crippen LogP contribution in [0, 0.1) is 6.92 Å². The highest BCUT2D eigenvalue weighted by Crippen LogP contribution is 2.33. The number of aromatic nitrogens is 1. The first-order chi connectivity index (χ1) is 8.11. The molecule has 0 spiro atoms. The summed E-state index contributed by atoms with van der Waals surface area (Å²) in [6, 6.07) is 5.39. The molecule has 0 amide bonds. The van der Waals surface area contributed by atoms with Gasteiger partial charge in [0, 0.05) is 34.8 Å². The second kappa shape index (κ2) is 4.73. The minimum absolute atomic E-state index is 0.134. The van der Waals surface area contributed by atoms with Crippen LogP contribution in [0.15, 0.2) is 18.2 Å². The van der Waals surface area contributed by atoms with E-state index in [9.17, 15) is 0 Å². The van der Waals surface area contributed by atoms with Gasteiger partial charge in [-0.25, -0.2) is 4.98 Å². The molecule has 2 rings (SSSR count). The standard InChI is InChI=1S/C12H15N3OS/c1-7-11(4-5-16)17-12(15-7)9-6-8(13)2-3-10(9)14/h2-3,6,16H,4-5,13-14H2,1H3. The summed E-state index contributed by atoms with van der Waals surface area (Å²) in [6.45, 7) is 2.07. The molecular weight excluding hydrogens is 234 g/mol. The summed E-state index contributed by atoms with van der Waals surface area (Å²) in [4.78, 5) is 5.56. The number of thiazole rings is 1. The zero-order valence-corrected chi connectivity index (χ0v) is 10.4. The van der Waals surface area contributed by atoms with Gasteiger partial charge in [-0.1, -0.05) is 0 Å². The van der Waals surface area contributed by atoms with Gasteiger partial charge in [0.25, 0.3) is 0 Å². The van der Waals surface area contributed by atoms with Crippen molar-refractivity contribution in [3.63, 3.8) is 0 Å². The third-order valence-electron chi connectivity index (χ3n) is 2.54. The van der Waals surface area contributed by atoms with Crippen LogP contribution < -0.4 is 11.5 Å². The molecule has 5 N–H and O–H groups in total. The monoisotopic (exact) mass is 249 g/mol. The summed E-state index contributed by atoms with van der Waals surface area (Å²) in [6.07, 6.45) is 0.631. The number of hydrogen-bond donors (Lipinski definition) is 3. The molecule has 17 heavy (non-hydrogen) atoms. The minimum Gasteiger partial charge on any atom is -0.399 e. The van der Waals surface area contributed by atoms with Crippen molar-refractivity contribution >= 4 is 22.7 Å². The minimum atomic E-state index is 0.134. The third kappa shape index (κ3) is 2.40. The molecule has 1 heterocycles. The Bertz CT molecular complexity index is 537. The number of aliphatic hydroxyl groups is 1. The van der Waals surface area contributed by atoms with Gasteiger partial charge < -0.3 is 16.6 Å². The van der Waals surface area contributed by atoms with Crippen LogP contribution in [0.4, 0.5) is 11.4 Å². The highest BCUT2D eigenvalue weighted by Gasteiger charge is 2.11. The molecule has 0 aliphatic rings. The van der Waals surface area contributed by atoms with E-state index < -0.39 is 0 Å². The van der Waals surface area contributed by atoms with E-state index in [1.807, 2.05) is 13.0 Å². The van der Waals surface area contributed by atoms with Gasteiger partial charge in [-0.2, -0.15) is 0 Å². The van der Waals surface area contributed by atoms with Crippen LogP contribution in [-0.4, -0.2) is 16.7 Å². The van der Waals surface area contributed by atoms with Crippen LogP contribution in [-0.2, 0) is 6.42 Å². The van der Waals surface area contributed by atoms with Crippen molar-refractivity contribution in [3.05, 3.63) is 28.8 Å². The summed E-state index contributed by atoms with van der Waals surface area (Å²) in [7, 11) is 0. The number of nitrogens with two attached hydrogens (primary N) is 2. The summed E-state index contributed by atoms with van der Waals surface area (Å²) in [5.74, 6) is 0. The second-order valence-electron chi connectivity index (χ2n) is 3.85. The number of nitrogen functional groups attached to an aromatic ring is 2. The molecule has 0 aliphatic carbocycles. The van der Waals surface area contributed by atoms with Gasteiger partial charge in [-0.05, 0) is 25.1 Å². The Balaban J connectivity index is 2.45. The largest absolute Gasteiger partial charge is 0.399 e. The Morgan fingerprint density at radius 2 is 2.12 bits per heavy atom. The molecule has 1 aromatic heterocycles. The lowest BCUT2D eigenvalue weighted by Gasteiger charge is -2.02. The fourth-order valence-electron chi connectivity index (χ4n) is 1.64. The molecule has 0 atom stereocenters. The summed E-state index contributed by atoms with van der Waals surface area (Å²) >= 11 is 1.55. The van der Waals surface area contributed by atoms with Crippen LogP contribution in [0.2, 0.25) is 0 Å². The molecule has 0 saturated heterocycles. The van der Waals surface area contributed by atoms with Crippen molar-refractivity contribution in [2.75, 3.05) is 18.1 Å².